The van der Waals surface area contributed by atoms with Crippen LogP contribution in [0, 0.1) is 0 Å². The highest BCUT2D eigenvalue weighted by Gasteiger charge is 2.51. The van der Waals surface area contributed by atoms with Crippen LogP contribution in [0.1, 0.15) is 22.3 Å². The van der Waals surface area contributed by atoms with Crippen molar-refractivity contribution in [2.75, 3.05) is 4.90 Å². The molecule has 0 atom stereocenters. The van der Waals surface area contributed by atoms with Gasteiger partial charge in [0.05, 0.1) is 16.4 Å². The Hall–Kier alpha value is -7.42. The van der Waals surface area contributed by atoms with Crippen LogP contribution in [0.4, 0.5) is 17.1 Å². The van der Waals surface area contributed by atoms with Crippen LogP contribution in [0.5, 0.6) is 0 Å². The van der Waals surface area contributed by atoms with Crippen LogP contribution in [0.15, 0.2) is 218 Å². The summed E-state index contributed by atoms with van der Waals surface area (Å²) in [6.45, 7) is 0. The molecule has 0 radical (unpaired) electrons. The monoisotopic (exact) mass is 724 g/mol. The Morgan fingerprint density at radius 2 is 0.842 bits per heavy atom. The molecule has 0 fully saturated rings. The molecule has 9 aromatic carbocycles. The van der Waals surface area contributed by atoms with E-state index in [1.165, 1.54) is 77.4 Å². The first-order valence-electron chi connectivity index (χ1n) is 19.8. The molecule has 266 valence electrons. The van der Waals surface area contributed by atoms with E-state index in [1.807, 2.05) is 0 Å². The molecule has 0 saturated heterocycles. The van der Waals surface area contributed by atoms with Gasteiger partial charge in [-0.15, -0.1) is 0 Å². The maximum absolute atomic E-state index is 2.39. The van der Waals surface area contributed by atoms with Crippen LogP contribution < -0.4 is 4.90 Å². The highest BCUT2D eigenvalue weighted by molar-refractivity contribution is 6.10. The van der Waals surface area contributed by atoms with Crippen LogP contribution in [0.3, 0.4) is 0 Å². The Balaban J connectivity index is 1.02. The highest BCUT2D eigenvalue weighted by atomic mass is 15.1. The zero-order chi connectivity index (χ0) is 37.5. The topological polar surface area (TPSA) is 8.17 Å². The number of anilines is 3. The normalized spacial score (nSPS) is 13.1. The van der Waals surface area contributed by atoms with Crippen molar-refractivity contribution in [2.24, 2.45) is 0 Å². The molecule has 0 saturated carbocycles. The molecule has 2 heteroatoms. The molecule has 1 heterocycles. The number of aromatic nitrogens is 1. The second-order valence-electron chi connectivity index (χ2n) is 15.2. The molecule has 0 aliphatic heterocycles. The third-order valence-electron chi connectivity index (χ3n) is 12.4. The minimum absolute atomic E-state index is 0.361. The average molecular weight is 725 g/mol. The van der Waals surface area contributed by atoms with Gasteiger partial charge in [0.25, 0.3) is 0 Å². The summed E-state index contributed by atoms with van der Waals surface area (Å²) in [5.41, 5.74) is 19.7. The van der Waals surface area contributed by atoms with E-state index in [4.69, 9.17) is 0 Å². The first-order valence-corrected chi connectivity index (χ1v) is 19.8. The number of rotatable bonds is 5. The van der Waals surface area contributed by atoms with E-state index in [1.54, 1.807) is 0 Å². The van der Waals surface area contributed by atoms with Gasteiger partial charge in [-0.2, -0.15) is 0 Å². The smallest absolute Gasteiger partial charge is 0.0725 e. The van der Waals surface area contributed by atoms with Crippen molar-refractivity contribution >= 4 is 38.9 Å². The third kappa shape index (κ3) is 4.47. The summed E-state index contributed by atoms with van der Waals surface area (Å²) in [5, 5.41) is 2.49. The van der Waals surface area contributed by atoms with Crippen LogP contribution in [0.25, 0.3) is 60.9 Å². The van der Waals surface area contributed by atoms with Crippen molar-refractivity contribution in [3.63, 3.8) is 0 Å². The van der Waals surface area contributed by atoms with Gasteiger partial charge in [-0.25, -0.2) is 0 Å². The SMILES string of the molecule is c1ccc(N(c2ccc(-c3cccc4c3-c3ccccc3C43c4ccccc4-c4ccccc43)cc2)c2ccc3c4ccccc4n(-c4ccccc4)c3c2)cc1. The first-order chi connectivity index (χ1) is 28.3. The maximum atomic E-state index is 2.39. The fourth-order valence-electron chi connectivity index (χ4n) is 10.2. The standard InChI is InChI=1S/C55H36N2/c1-3-16-38(17-4-1)56(41-34-35-46-45-22-10-14-29-52(45)57(53(46)36-41)39-18-5-2-6-19-39)40-32-30-37(31-33-40)42-24-15-28-51-54(42)47-23-9-13-27-50(47)55(51)48-25-11-7-20-43(48)44-21-8-12-26-49(44)55/h1-36H. The van der Waals surface area contributed by atoms with Gasteiger partial charge >= 0.3 is 0 Å². The van der Waals surface area contributed by atoms with E-state index in [0.29, 0.717) is 0 Å². The van der Waals surface area contributed by atoms with E-state index in [-0.39, 0.29) is 5.41 Å². The number of nitrogens with zero attached hydrogens (tertiary/aromatic N) is 2. The molecular formula is C55H36N2. The lowest BCUT2D eigenvalue weighted by atomic mass is 9.70. The van der Waals surface area contributed by atoms with Gasteiger partial charge in [-0.1, -0.05) is 164 Å². The number of fused-ring (bicyclic) bond motifs is 13. The molecule has 0 bridgehead atoms. The van der Waals surface area contributed by atoms with Gasteiger partial charge in [0.1, 0.15) is 0 Å². The maximum Gasteiger partial charge on any atom is 0.0725 e. The Labute approximate surface area is 332 Å². The summed E-state index contributed by atoms with van der Waals surface area (Å²) in [7, 11) is 0. The molecule has 0 amide bonds. The largest absolute Gasteiger partial charge is 0.310 e. The molecule has 57 heavy (non-hydrogen) atoms. The molecule has 0 N–H and O–H groups in total. The summed E-state index contributed by atoms with van der Waals surface area (Å²) in [6, 6.07) is 80.3. The van der Waals surface area contributed by atoms with Crippen LogP contribution >= 0.6 is 0 Å². The number of hydrogen-bond acceptors (Lipinski definition) is 1. The Morgan fingerprint density at radius 3 is 1.56 bits per heavy atom. The van der Waals surface area contributed by atoms with Crippen molar-refractivity contribution in [3.05, 3.63) is 241 Å². The summed E-state index contributed by atoms with van der Waals surface area (Å²) in [5.74, 6) is 0. The predicted molar refractivity (Wildman–Crippen MR) is 237 cm³/mol. The second-order valence-corrected chi connectivity index (χ2v) is 15.2. The zero-order valence-corrected chi connectivity index (χ0v) is 31.2. The lowest BCUT2D eigenvalue weighted by molar-refractivity contribution is 0.794. The minimum Gasteiger partial charge on any atom is -0.310 e. The summed E-state index contributed by atoms with van der Waals surface area (Å²) in [4.78, 5) is 2.38. The molecule has 1 aromatic heterocycles. The van der Waals surface area contributed by atoms with Crippen molar-refractivity contribution < 1.29 is 0 Å². The fourth-order valence-corrected chi connectivity index (χ4v) is 10.2. The van der Waals surface area contributed by atoms with Crippen LogP contribution in [-0.2, 0) is 5.41 Å². The molecule has 0 unspecified atom stereocenters. The highest BCUT2D eigenvalue weighted by Crippen LogP contribution is 2.64. The Kier molecular flexibility index (Phi) is 6.88. The number of para-hydroxylation sites is 3. The van der Waals surface area contributed by atoms with Crippen molar-refractivity contribution in [1.82, 2.24) is 4.57 Å². The van der Waals surface area contributed by atoms with E-state index in [0.717, 1.165) is 22.7 Å². The van der Waals surface area contributed by atoms with Crippen molar-refractivity contribution in [2.45, 2.75) is 5.41 Å². The molecule has 10 aromatic rings. The first kappa shape index (κ1) is 31.9. The van der Waals surface area contributed by atoms with Gasteiger partial charge in [0.15, 0.2) is 0 Å². The third-order valence-corrected chi connectivity index (χ3v) is 12.4. The molecule has 2 aliphatic rings. The number of hydrogen-bond donors (Lipinski definition) is 0. The van der Waals surface area contributed by atoms with Crippen LogP contribution in [-0.4, -0.2) is 4.57 Å². The van der Waals surface area contributed by atoms with Gasteiger partial charge in [0.2, 0.25) is 0 Å². The van der Waals surface area contributed by atoms with E-state index in [2.05, 4.69) is 228 Å². The fraction of sp³-hybridized carbons (Fsp3) is 0.0182. The van der Waals surface area contributed by atoms with Crippen molar-refractivity contribution in [3.8, 4) is 39.1 Å². The molecule has 2 nitrogen and oxygen atoms in total. The second kappa shape index (κ2) is 12.3. The molecule has 1 spiro atoms. The van der Waals surface area contributed by atoms with E-state index in [9.17, 15) is 0 Å². The molecule has 12 rings (SSSR count). The Bertz CT molecular complexity index is 3130. The van der Waals surface area contributed by atoms with Crippen LogP contribution in [0.2, 0.25) is 0 Å². The summed E-state index contributed by atoms with van der Waals surface area (Å²) >= 11 is 0. The quantitative estimate of drug-likeness (QED) is 0.172. The van der Waals surface area contributed by atoms with Gasteiger partial charge < -0.3 is 9.47 Å². The lowest BCUT2D eigenvalue weighted by Gasteiger charge is -2.30. The predicted octanol–water partition coefficient (Wildman–Crippen LogP) is 14.3. The lowest BCUT2D eigenvalue weighted by Crippen LogP contribution is -2.25. The van der Waals surface area contributed by atoms with E-state index >= 15 is 0 Å². The summed E-state index contributed by atoms with van der Waals surface area (Å²) < 4.78 is 2.39. The van der Waals surface area contributed by atoms with Gasteiger partial charge in [0, 0.05) is 33.5 Å². The molecule has 2 aliphatic carbocycles. The number of benzene rings is 9. The average Bonchev–Trinajstić information content (AvgIpc) is 3.89. The van der Waals surface area contributed by atoms with Crippen molar-refractivity contribution in [1.29, 1.82) is 0 Å². The van der Waals surface area contributed by atoms with Gasteiger partial charge in [-0.05, 0) is 110 Å². The minimum atomic E-state index is -0.361. The van der Waals surface area contributed by atoms with E-state index < -0.39 is 0 Å². The Morgan fingerprint density at radius 1 is 0.333 bits per heavy atom. The summed E-state index contributed by atoms with van der Waals surface area (Å²) in [6.07, 6.45) is 0. The zero-order valence-electron chi connectivity index (χ0n) is 31.2. The van der Waals surface area contributed by atoms with Gasteiger partial charge in [-0.3, -0.25) is 0 Å². The molecular weight excluding hydrogens is 689 g/mol.